The van der Waals surface area contributed by atoms with E-state index in [4.69, 9.17) is 14.5 Å². The first kappa shape index (κ1) is 17.6. The Kier molecular flexibility index (Phi) is 4.49. The minimum atomic E-state index is -0.248. The summed E-state index contributed by atoms with van der Waals surface area (Å²) in [4.78, 5) is 26.6. The van der Waals surface area contributed by atoms with Gasteiger partial charge in [-0.15, -0.1) is 0 Å². The van der Waals surface area contributed by atoms with E-state index in [1.807, 2.05) is 41.4 Å². The van der Waals surface area contributed by atoms with E-state index in [9.17, 15) is 4.79 Å². The molecule has 4 heterocycles. The van der Waals surface area contributed by atoms with Gasteiger partial charge in [0.1, 0.15) is 0 Å². The number of ether oxygens (including phenoxy) is 2. The third-order valence-electron chi connectivity index (χ3n) is 5.95. The molecule has 0 saturated carbocycles. The summed E-state index contributed by atoms with van der Waals surface area (Å²) in [6, 6.07) is 9.48. The van der Waals surface area contributed by atoms with Crippen LogP contribution in [-0.4, -0.2) is 66.8 Å². The Morgan fingerprint density at radius 3 is 2.71 bits per heavy atom. The first-order valence-corrected chi connectivity index (χ1v) is 9.86. The summed E-state index contributed by atoms with van der Waals surface area (Å²) in [5, 5.41) is 0. The molecule has 1 aromatic heterocycles. The summed E-state index contributed by atoms with van der Waals surface area (Å²) in [5.41, 5.74) is 2.58. The topological polar surface area (TPSA) is 67.8 Å². The predicted molar refractivity (Wildman–Crippen MR) is 103 cm³/mol. The Hall–Kier alpha value is -2.51. The van der Waals surface area contributed by atoms with Crippen LogP contribution in [0.4, 0.5) is 5.95 Å². The Labute approximate surface area is 164 Å². The maximum atomic E-state index is 12.9. The number of rotatable bonds is 2. The molecule has 0 N–H and O–H groups in total. The molecule has 0 radical (unpaired) electrons. The molecule has 2 fully saturated rings. The second kappa shape index (κ2) is 7.14. The quantitative estimate of drug-likeness (QED) is 0.789. The van der Waals surface area contributed by atoms with E-state index >= 15 is 0 Å². The van der Waals surface area contributed by atoms with Crippen molar-refractivity contribution in [2.45, 2.75) is 18.4 Å². The molecule has 3 aliphatic rings. The van der Waals surface area contributed by atoms with Crippen molar-refractivity contribution in [2.24, 2.45) is 0 Å². The molecule has 1 amide bonds. The van der Waals surface area contributed by atoms with Gasteiger partial charge in [0.25, 0.3) is 5.91 Å². The average molecular weight is 380 g/mol. The lowest BCUT2D eigenvalue weighted by Crippen LogP contribution is -2.43. The SMILES string of the molecule is O=C(c1ccccc1)N1CC[C@@]2(COCc3cnc(N4CCOCC4)nc32)C1. The molecule has 5 rings (SSSR count). The third kappa shape index (κ3) is 3.04. The fourth-order valence-corrected chi connectivity index (χ4v) is 4.42. The van der Waals surface area contributed by atoms with Gasteiger partial charge in [0.05, 0.1) is 37.5 Å². The van der Waals surface area contributed by atoms with E-state index in [0.717, 1.165) is 42.3 Å². The molecule has 3 aliphatic heterocycles. The van der Waals surface area contributed by atoms with Crippen molar-refractivity contribution in [3.63, 3.8) is 0 Å². The number of carbonyl (C=O) groups is 1. The Morgan fingerprint density at radius 2 is 1.89 bits per heavy atom. The van der Waals surface area contributed by atoms with Crippen molar-refractivity contribution in [2.75, 3.05) is 50.9 Å². The average Bonchev–Trinajstić information content (AvgIpc) is 3.19. The van der Waals surface area contributed by atoms with Gasteiger partial charge in [0, 0.05) is 43.5 Å². The number of fused-ring (bicyclic) bond motifs is 2. The lowest BCUT2D eigenvalue weighted by molar-refractivity contribution is 0.0484. The molecule has 2 saturated heterocycles. The van der Waals surface area contributed by atoms with Crippen LogP contribution in [0.3, 0.4) is 0 Å². The highest BCUT2D eigenvalue weighted by Crippen LogP contribution is 2.40. The maximum Gasteiger partial charge on any atom is 0.253 e. The molecule has 0 bridgehead atoms. The number of carbonyl (C=O) groups excluding carboxylic acids is 1. The number of morpholine rings is 1. The van der Waals surface area contributed by atoms with Crippen LogP contribution in [0.1, 0.15) is 28.0 Å². The summed E-state index contributed by atoms with van der Waals surface area (Å²) in [5.74, 6) is 0.836. The minimum absolute atomic E-state index is 0.0760. The largest absolute Gasteiger partial charge is 0.378 e. The zero-order valence-corrected chi connectivity index (χ0v) is 15.8. The normalized spacial score (nSPS) is 24.4. The predicted octanol–water partition coefficient (Wildman–Crippen LogP) is 1.63. The van der Waals surface area contributed by atoms with E-state index in [1.165, 1.54) is 0 Å². The van der Waals surface area contributed by atoms with Crippen molar-refractivity contribution >= 4 is 11.9 Å². The van der Waals surface area contributed by atoms with Gasteiger partial charge in [-0.1, -0.05) is 18.2 Å². The molecular weight excluding hydrogens is 356 g/mol. The lowest BCUT2D eigenvalue weighted by Gasteiger charge is -2.35. The number of anilines is 1. The van der Waals surface area contributed by atoms with E-state index < -0.39 is 0 Å². The van der Waals surface area contributed by atoms with Crippen LogP contribution < -0.4 is 4.90 Å². The van der Waals surface area contributed by atoms with E-state index in [1.54, 1.807) is 0 Å². The van der Waals surface area contributed by atoms with Gasteiger partial charge in [-0.25, -0.2) is 9.97 Å². The zero-order valence-electron chi connectivity index (χ0n) is 15.8. The Bertz CT molecular complexity index is 869. The minimum Gasteiger partial charge on any atom is -0.378 e. The van der Waals surface area contributed by atoms with E-state index in [0.29, 0.717) is 39.5 Å². The summed E-state index contributed by atoms with van der Waals surface area (Å²) in [7, 11) is 0. The smallest absolute Gasteiger partial charge is 0.253 e. The summed E-state index contributed by atoms with van der Waals surface area (Å²) >= 11 is 0. The van der Waals surface area contributed by atoms with Crippen LogP contribution in [0.25, 0.3) is 0 Å². The Morgan fingerprint density at radius 1 is 1.07 bits per heavy atom. The van der Waals surface area contributed by atoms with Crippen LogP contribution in [0.15, 0.2) is 36.5 Å². The molecule has 2 aromatic rings. The Balaban J connectivity index is 1.43. The fourth-order valence-electron chi connectivity index (χ4n) is 4.42. The summed E-state index contributed by atoms with van der Waals surface area (Å²) in [6.45, 7) is 5.50. The van der Waals surface area contributed by atoms with Crippen molar-refractivity contribution in [3.05, 3.63) is 53.3 Å². The standard InChI is InChI=1S/C21H24N4O3/c26-19(16-4-2-1-3-5-16)25-7-6-21(14-25)15-28-13-17-12-22-20(23-18(17)21)24-8-10-27-11-9-24/h1-5,12H,6-11,13-15H2/t21-/m0/s1. The van der Waals surface area contributed by atoms with Gasteiger partial charge in [-0.05, 0) is 18.6 Å². The van der Waals surface area contributed by atoms with Gasteiger partial charge in [0.15, 0.2) is 0 Å². The van der Waals surface area contributed by atoms with Gasteiger partial charge < -0.3 is 19.3 Å². The van der Waals surface area contributed by atoms with Crippen molar-refractivity contribution in [1.29, 1.82) is 0 Å². The van der Waals surface area contributed by atoms with Gasteiger partial charge in [-0.2, -0.15) is 0 Å². The van der Waals surface area contributed by atoms with E-state index in [2.05, 4.69) is 9.88 Å². The number of nitrogens with zero attached hydrogens (tertiary/aromatic N) is 4. The monoisotopic (exact) mass is 380 g/mol. The van der Waals surface area contributed by atoms with Gasteiger partial charge >= 0.3 is 0 Å². The highest BCUT2D eigenvalue weighted by atomic mass is 16.5. The first-order valence-electron chi connectivity index (χ1n) is 9.86. The lowest BCUT2D eigenvalue weighted by atomic mass is 9.80. The summed E-state index contributed by atoms with van der Waals surface area (Å²) in [6.07, 6.45) is 2.76. The molecule has 0 unspecified atom stereocenters. The molecular formula is C21H24N4O3. The van der Waals surface area contributed by atoms with Gasteiger partial charge in [-0.3, -0.25) is 4.79 Å². The second-order valence-electron chi connectivity index (χ2n) is 7.76. The maximum absolute atomic E-state index is 12.9. The molecule has 1 spiro atoms. The second-order valence-corrected chi connectivity index (χ2v) is 7.76. The number of likely N-dealkylation sites (tertiary alicyclic amines) is 1. The highest BCUT2D eigenvalue weighted by molar-refractivity contribution is 5.94. The highest BCUT2D eigenvalue weighted by Gasteiger charge is 2.46. The zero-order chi connectivity index (χ0) is 19.0. The van der Waals surface area contributed by atoms with Crippen molar-refractivity contribution in [3.8, 4) is 0 Å². The van der Waals surface area contributed by atoms with Crippen molar-refractivity contribution in [1.82, 2.24) is 14.9 Å². The molecule has 1 atom stereocenters. The third-order valence-corrected chi connectivity index (χ3v) is 5.95. The van der Waals surface area contributed by atoms with Crippen molar-refractivity contribution < 1.29 is 14.3 Å². The number of hydrogen-bond donors (Lipinski definition) is 0. The number of amides is 1. The van der Waals surface area contributed by atoms with E-state index in [-0.39, 0.29) is 11.3 Å². The van der Waals surface area contributed by atoms with Crippen LogP contribution >= 0.6 is 0 Å². The van der Waals surface area contributed by atoms with Crippen LogP contribution in [-0.2, 0) is 21.5 Å². The number of hydrogen-bond acceptors (Lipinski definition) is 6. The van der Waals surface area contributed by atoms with Gasteiger partial charge in [0.2, 0.25) is 5.95 Å². The molecule has 28 heavy (non-hydrogen) atoms. The van der Waals surface area contributed by atoms with Crippen LogP contribution in [0, 0.1) is 0 Å². The number of aromatic nitrogens is 2. The van der Waals surface area contributed by atoms with Crippen LogP contribution in [0.2, 0.25) is 0 Å². The molecule has 7 nitrogen and oxygen atoms in total. The number of benzene rings is 1. The van der Waals surface area contributed by atoms with Crippen LogP contribution in [0.5, 0.6) is 0 Å². The molecule has 1 aromatic carbocycles. The molecule has 0 aliphatic carbocycles. The first-order chi connectivity index (χ1) is 13.8. The fraction of sp³-hybridized carbons (Fsp3) is 0.476. The molecule has 146 valence electrons. The molecule has 7 heteroatoms. The summed E-state index contributed by atoms with van der Waals surface area (Å²) < 4.78 is 11.3.